The molecule has 0 fully saturated rings. The van der Waals surface area contributed by atoms with Crippen molar-refractivity contribution in [1.29, 1.82) is 0 Å². The highest BCUT2D eigenvalue weighted by molar-refractivity contribution is 5.89. The highest BCUT2D eigenvalue weighted by atomic mass is 19.1. The average molecular weight is 303 g/mol. The van der Waals surface area contributed by atoms with Crippen molar-refractivity contribution in [2.24, 2.45) is 0 Å². The molecule has 0 spiro atoms. The quantitative estimate of drug-likeness (QED) is 0.631. The van der Waals surface area contributed by atoms with Gasteiger partial charge in [-0.3, -0.25) is 0 Å². The van der Waals surface area contributed by atoms with E-state index in [9.17, 15) is 9.18 Å². The van der Waals surface area contributed by atoms with Gasteiger partial charge in [0.05, 0.1) is 12.7 Å². The maximum absolute atomic E-state index is 13.8. The third-order valence-electron chi connectivity index (χ3n) is 3.06. The Hall–Kier alpha value is -2.40. The number of carbonyl (C=O) groups excluding carboxylic acids is 1. The number of hydrogen-bond donors (Lipinski definition) is 1. The molecule has 2 rings (SSSR count). The number of ether oxygens (including phenoxy) is 2. The van der Waals surface area contributed by atoms with Gasteiger partial charge in [0, 0.05) is 13.1 Å². The molecule has 0 unspecified atom stereocenters. The van der Waals surface area contributed by atoms with Gasteiger partial charge >= 0.3 is 5.97 Å². The van der Waals surface area contributed by atoms with Crippen molar-refractivity contribution in [3.05, 3.63) is 65.5 Å². The van der Waals surface area contributed by atoms with Crippen LogP contribution in [0.5, 0.6) is 5.75 Å². The largest absolute Gasteiger partial charge is 0.489 e. The van der Waals surface area contributed by atoms with E-state index in [1.807, 2.05) is 30.3 Å². The molecule has 0 amide bonds. The molecule has 0 atom stereocenters. The van der Waals surface area contributed by atoms with Crippen molar-refractivity contribution in [3.63, 3.8) is 0 Å². The number of esters is 1. The van der Waals surface area contributed by atoms with Gasteiger partial charge in [-0.25, -0.2) is 9.18 Å². The molecule has 0 aromatic heterocycles. The molecule has 1 N–H and O–H groups in total. The zero-order chi connectivity index (χ0) is 15.8. The summed E-state index contributed by atoms with van der Waals surface area (Å²) in [5.74, 6) is -1.03. The minimum atomic E-state index is -0.578. The van der Waals surface area contributed by atoms with E-state index < -0.39 is 11.8 Å². The van der Waals surface area contributed by atoms with Gasteiger partial charge in [-0.15, -0.1) is 0 Å². The van der Waals surface area contributed by atoms with E-state index in [1.165, 1.54) is 24.8 Å². The van der Waals surface area contributed by atoms with Crippen molar-refractivity contribution in [3.8, 4) is 5.75 Å². The van der Waals surface area contributed by atoms with Crippen molar-refractivity contribution in [2.45, 2.75) is 6.54 Å². The molecule has 22 heavy (non-hydrogen) atoms. The molecular weight excluding hydrogens is 285 g/mol. The molecule has 0 saturated heterocycles. The number of halogens is 1. The van der Waals surface area contributed by atoms with E-state index in [0.29, 0.717) is 13.2 Å². The summed E-state index contributed by atoms with van der Waals surface area (Å²) >= 11 is 0. The van der Waals surface area contributed by atoms with Crippen molar-refractivity contribution in [2.75, 3.05) is 20.3 Å². The van der Waals surface area contributed by atoms with E-state index in [4.69, 9.17) is 4.74 Å². The Balaban J connectivity index is 1.76. The molecule has 0 aliphatic rings. The van der Waals surface area contributed by atoms with Crippen molar-refractivity contribution >= 4 is 5.97 Å². The summed E-state index contributed by atoms with van der Waals surface area (Å²) in [5, 5.41) is 3.21. The fraction of sp³-hybridized carbons (Fsp3) is 0.235. The molecular formula is C17H18FNO3. The second-order valence-electron chi connectivity index (χ2n) is 4.65. The van der Waals surface area contributed by atoms with Gasteiger partial charge in [0.2, 0.25) is 0 Å². The third-order valence-corrected chi connectivity index (χ3v) is 3.06. The molecule has 0 bridgehead atoms. The second kappa shape index (κ2) is 8.14. The van der Waals surface area contributed by atoms with Gasteiger partial charge in [-0.05, 0) is 23.8 Å². The molecule has 0 radical (unpaired) electrons. The van der Waals surface area contributed by atoms with Crippen LogP contribution < -0.4 is 10.1 Å². The van der Waals surface area contributed by atoms with Crippen molar-refractivity contribution in [1.82, 2.24) is 5.32 Å². The zero-order valence-corrected chi connectivity index (χ0v) is 12.3. The number of benzene rings is 2. The van der Waals surface area contributed by atoms with Gasteiger partial charge < -0.3 is 14.8 Å². The highest BCUT2D eigenvalue weighted by Crippen LogP contribution is 2.18. The van der Waals surface area contributed by atoms with E-state index in [-0.39, 0.29) is 11.3 Å². The molecule has 5 heteroatoms. The summed E-state index contributed by atoms with van der Waals surface area (Å²) < 4.78 is 23.7. The number of hydrogen-bond acceptors (Lipinski definition) is 4. The maximum Gasteiger partial charge on any atom is 0.337 e. The van der Waals surface area contributed by atoms with Crippen LogP contribution in [0, 0.1) is 5.82 Å². The summed E-state index contributed by atoms with van der Waals surface area (Å²) in [6.45, 7) is 1.66. The Kier molecular flexibility index (Phi) is 5.91. The van der Waals surface area contributed by atoms with Crippen LogP contribution in [0.3, 0.4) is 0 Å². The summed E-state index contributed by atoms with van der Waals surface area (Å²) in [7, 11) is 1.25. The van der Waals surface area contributed by atoms with Crippen LogP contribution in [0.15, 0.2) is 48.5 Å². The lowest BCUT2D eigenvalue weighted by atomic mass is 10.2. The first-order valence-electron chi connectivity index (χ1n) is 6.96. The first-order valence-corrected chi connectivity index (χ1v) is 6.96. The number of nitrogens with one attached hydrogen (secondary N) is 1. The number of rotatable bonds is 7. The fourth-order valence-electron chi connectivity index (χ4n) is 1.92. The summed E-state index contributed by atoms with van der Waals surface area (Å²) in [5.41, 5.74) is 1.34. The average Bonchev–Trinajstić information content (AvgIpc) is 2.56. The molecule has 116 valence electrons. The summed E-state index contributed by atoms with van der Waals surface area (Å²) in [6, 6.07) is 14.0. The van der Waals surface area contributed by atoms with E-state index in [1.54, 1.807) is 0 Å². The minimum absolute atomic E-state index is 0.120. The fourth-order valence-corrected chi connectivity index (χ4v) is 1.92. The summed E-state index contributed by atoms with van der Waals surface area (Å²) in [6.07, 6.45) is 0. The molecule has 0 aliphatic carbocycles. The molecule has 0 aliphatic heterocycles. The van der Waals surface area contributed by atoms with Crippen LogP contribution in [0.2, 0.25) is 0 Å². The standard InChI is InChI=1S/C17H18FNO3/c1-21-17(20)14-7-8-16(15(18)11-14)22-10-9-19-12-13-5-3-2-4-6-13/h2-8,11,19H,9-10,12H2,1H3. The van der Waals surface area contributed by atoms with Gasteiger partial charge in [-0.2, -0.15) is 0 Å². The van der Waals surface area contributed by atoms with Crippen LogP contribution in [0.1, 0.15) is 15.9 Å². The van der Waals surface area contributed by atoms with Crippen LogP contribution in [0.25, 0.3) is 0 Å². The Labute approximate surface area is 128 Å². The Morgan fingerprint density at radius 3 is 2.64 bits per heavy atom. The van der Waals surface area contributed by atoms with E-state index in [0.717, 1.165) is 12.6 Å². The Morgan fingerprint density at radius 1 is 1.18 bits per heavy atom. The predicted molar refractivity (Wildman–Crippen MR) is 81.4 cm³/mol. The normalized spacial score (nSPS) is 10.3. The number of carbonyl (C=O) groups is 1. The van der Waals surface area contributed by atoms with Crippen LogP contribution in [-0.4, -0.2) is 26.2 Å². The smallest absolute Gasteiger partial charge is 0.337 e. The first-order chi connectivity index (χ1) is 10.7. The van der Waals surface area contributed by atoms with Crippen LogP contribution in [-0.2, 0) is 11.3 Å². The SMILES string of the molecule is COC(=O)c1ccc(OCCNCc2ccccc2)c(F)c1. The lowest BCUT2D eigenvalue weighted by molar-refractivity contribution is 0.0600. The minimum Gasteiger partial charge on any atom is -0.489 e. The van der Waals surface area contributed by atoms with Crippen LogP contribution >= 0.6 is 0 Å². The summed E-state index contributed by atoms with van der Waals surface area (Å²) in [4.78, 5) is 11.3. The van der Waals surface area contributed by atoms with Gasteiger partial charge in [0.25, 0.3) is 0 Å². The lowest BCUT2D eigenvalue weighted by Crippen LogP contribution is -2.20. The monoisotopic (exact) mass is 303 g/mol. The van der Waals surface area contributed by atoms with Gasteiger partial charge in [0.15, 0.2) is 11.6 Å². The molecule has 4 nitrogen and oxygen atoms in total. The molecule has 2 aromatic carbocycles. The topological polar surface area (TPSA) is 47.6 Å². The second-order valence-corrected chi connectivity index (χ2v) is 4.65. The third kappa shape index (κ3) is 4.56. The number of methoxy groups -OCH3 is 1. The Bertz CT molecular complexity index is 617. The van der Waals surface area contributed by atoms with E-state index in [2.05, 4.69) is 10.1 Å². The lowest BCUT2D eigenvalue weighted by Gasteiger charge is -2.09. The molecule has 0 heterocycles. The Morgan fingerprint density at radius 2 is 1.95 bits per heavy atom. The molecule has 0 saturated carbocycles. The van der Waals surface area contributed by atoms with Crippen LogP contribution in [0.4, 0.5) is 4.39 Å². The van der Waals surface area contributed by atoms with Gasteiger partial charge in [0.1, 0.15) is 6.61 Å². The first kappa shape index (κ1) is 16.0. The zero-order valence-electron chi connectivity index (χ0n) is 12.3. The van der Waals surface area contributed by atoms with Gasteiger partial charge in [-0.1, -0.05) is 30.3 Å². The van der Waals surface area contributed by atoms with Crippen molar-refractivity contribution < 1.29 is 18.7 Å². The predicted octanol–water partition coefficient (Wildman–Crippen LogP) is 2.78. The van der Waals surface area contributed by atoms with E-state index >= 15 is 0 Å². The highest BCUT2D eigenvalue weighted by Gasteiger charge is 2.10. The maximum atomic E-state index is 13.8. The molecule has 2 aromatic rings.